The van der Waals surface area contributed by atoms with E-state index in [1.165, 1.54) is 19.4 Å². The molecule has 2 heterocycles. The molecule has 114 valence electrons. The second-order valence-corrected chi connectivity index (χ2v) is 5.53. The van der Waals surface area contributed by atoms with Crippen LogP contribution < -0.4 is 4.90 Å². The summed E-state index contributed by atoms with van der Waals surface area (Å²) in [6.45, 7) is 2.95. The molecule has 2 rings (SSSR count). The lowest BCUT2D eigenvalue weighted by Crippen LogP contribution is -2.43. The Morgan fingerprint density at radius 2 is 2.33 bits per heavy atom. The fourth-order valence-electron chi connectivity index (χ4n) is 2.64. The topological polar surface area (TPSA) is 85.6 Å². The van der Waals surface area contributed by atoms with Crippen LogP contribution in [0.1, 0.15) is 13.3 Å². The number of hydrogen-bond acceptors (Lipinski definition) is 6. The highest BCUT2D eigenvalue weighted by Gasteiger charge is 2.34. The predicted molar refractivity (Wildman–Crippen MR) is 77.4 cm³/mol. The third-order valence-electron chi connectivity index (χ3n) is 3.72. The zero-order valence-electron chi connectivity index (χ0n) is 11.8. The molecule has 1 aliphatic heterocycles. The van der Waals surface area contributed by atoms with E-state index < -0.39 is 4.92 Å². The summed E-state index contributed by atoms with van der Waals surface area (Å²) < 4.78 is 4.78. The summed E-state index contributed by atoms with van der Waals surface area (Å²) in [5.74, 6) is -0.0961. The molecule has 0 amide bonds. The van der Waals surface area contributed by atoms with Gasteiger partial charge in [-0.05, 0) is 12.3 Å². The van der Waals surface area contributed by atoms with E-state index in [0.717, 1.165) is 0 Å². The molecule has 0 aliphatic carbocycles. The normalized spacial score (nSPS) is 22.0. The molecule has 0 saturated carbocycles. The minimum atomic E-state index is -0.495. The first kappa shape index (κ1) is 15.5. The summed E-state index contributed by atoms with van der Waals surface area (Å²) in [4.78, 5) is 28.2. The number of aromatic nitrogens is 1. The number of esters is 1. The molecule has 0 radical (unpaired) electrons. The van der Waals surface area contributed by atoms with E-state index in [0.29, 0.717) is 25.3 Å². The number of nitrogens with zero attached hydrogens (tertiary/aromatic N) is 3. The van der Waals surface area contributed by atoms with Gasteiger partial charge in [0.15, 0.2) is 0 Å². The van der Waals surface area contributed by atoms with Gasteiger partial charge in [-0.15, -0.1) is 0 Å². The van der Waals surface area contributed by atoms with Gasteiger partial charge in [0.25, 0.3) is 0 Å². The van der Waals surface area contributed by atoms with Crippen molar-refractivity contribution in [1.82, 2.24) is 4.98 Å². The highest BCUT2D eigenvalue weighted by molar-refractivity contribution is 6.30. The molecule has 1 aliphatic rings. The molecular weight excluding hydrogens is 298 g/mol. The highest BCUT2D eigenvalue weighted by atomic mass is 35.5. The average molecular weight is 314 g/mol. The second-order valence-electron chi connectivity index (χ2n) is 5.10. The van der Waals surface area contributed by atoms with Crippen molar-refractivity contribution in [1.29, 1.82) is 0 Å². The summed E-state index contributed by atoms with van der Waals surface area (Å²) in [5, 5.41) is 11.3. The van der Waals surface area contributed by atoms with E-state index >= 15 is 0 Å². The predicted octanol–water partition coefficient (Wildman–Crippen LogP) is 2.28. The summed E-state index contributed by atoms with van der Waals surface area (Å²) in [7, 11) is 1.37. The van der Waals surface area contributed by atoms with Crippen LogP contribution in [-0.4, -0.2) is 36.1 Å². The quantitative estimate of drug-likeness (QED) is 0.483. The van der Waals surface area contributed by atoms with Crippen molar-refractivity contribution in [3.8, 4) is 0 Å². The molecule has 0 aromatic carbocycles. The van der Waals surface area contributed by atoms with E-state index in [-0.39, 0.29) is 28.5 Å². The van der Waals surface area contributed by atoms with Crippen molar-refractivity contribution in [2.24, 2.45) is 11.8 Å². The Balaban J connectivity index is 2.22. The van der Waals surface area contributed by atoms with Crippen molar-refractivity contribution >= 4 is 29.1 Å². The third kappa shape index (κ3) is 3.24. The standard InChI is InChI=1S/C13H16ClN3O4/c1-8-7-16(4-3-10(8)13(18)21-2)12-11(17(19)20)5-9(14)6-15-12/h5-6,8,10H,3-4,7H2,1-2H3. The van der Waals surface area contributed by atoms with Gasteiger partial charge in [0.05, 0.1) is 23.0 Å². The fraction of sp³-hybridized carbons (Fsp3) is 0.538. The summed E-state index contributed by atoms with van der Waals surface area (Å²) in [6, 6.07) is 1.29. The van der Waals surface area contributed by atoms with Gasteiger partial charge in [0, 0.05) is 25.4 Å². The van der Waals surface area contributed by atoms with Gasteiger partial charge < -0.3 is 9.64 Å². The molecule has 1 aromatic heterocycles. The first-order valence-electron chi connectivity index (χ1n) is 6.56. The number of ether oxygens (including phenoxy) is 1. The Hall–Kier alpha value is -1.89. The zero-order valence-corrected chi connectivity index (χ0v) is 12.5. The molecule has 2 unspecified atom stereocenters. The van der Waals surface area contributed by atoms with Gasteiger partial charge in [0.1, 0.15) is 0 Å². The lowest BCUT2D eigenvalue weighted by molar-refractivity contribution is -0.384. The number of nitro groups is 1. The first-order valence-corrected chi connectivity index (χ1v) is 6.94. The number of rotatable bonds is 3. The van der Waals surface area contributed by atoms with E-state index in [1.807, 2.05) is 11.8 Å². The molecule has 7 nitrogen and oxygen atoms in total. The summed E-state index contributed by atoms with van der Waals surface area (Å²) in [5.41, 5.74) is -0.119. The van der Waals surface area contributed by atoms with Gasteiger partial charge in [-0.25, -0.2) is 4.98 Å². The average Bonchev–Trinajstić information content (AvgIpc) is 2.46. The Morgan fingerprint density at radius 3 is 2.90 bits per heavy atom. The maximum absolute atomic E-state index is 11.7. The van der Waals surface area contributed by atoms with Crippen LogP contribution in [0.3, 0.4) is 0 Å². The maximum Gasteiger partial charge on any atom is 0.313 e. The van der Waals surface area contributed by atoms with E-state index in [1.54, 1.807) is 0 Å². The van der Waals surface area contributed by atoms with Gasteiger partial charge in [-0.3, -0.25) is 14.9 Å². The Labute approximate surface area is 127 Å². The zero-order chi connectivity index (χ0) is 15.6. The molecule has 0 N–H and O–H groups in total. The van der Waals surface area contributed by atoms with Crippen LogP contribution >= 0.6 is 11.6 Å². The lowest BCUT2D eigenvalue weighted by Gasteiger charge is -2.35. The molecule has 1 aromatic rings. The molecule has 21 heavy (non-hydrogen) atoms. The van der Waals surface area contributed by atoms with Gasteiger partial charge >= 0.3 is 11.7 Å². The van der Waals surface area contributed by atoms with Crippen LogP contribution in [0.25, 0.3) is 0 Å². The molecule has 2 atom stereocenters. The smallest absolute Gasteiger partial charge is 0.313 e. The Kier molecular flexibility index (Phi) is 4.62. The second kappa shape index (κ2) is 6.26. The Morgan fingerprint density at radius 1 is 1.62 bits per heavy atom. The van der Waals surface area contributed by atoms with Crippen LogP contribution in [0, 0.1) is 22.0 Å². The highest BCUT2D eigenvalue weighted by Crippen LogP contribution is 2.33. The molecule has 8 heteroatoms. The minimum Gasteiger partial charge on any atom is -0.469 e. The van der Waals surface area contributed by atoms with Crippen LogP contribution in [0.5, 0.6) is 0 Å². The largest absolute Gasteiger partial charge is 0.469 e. The van der Waals surface area contributed by atoms with E-state index in [9.17, 15) is 14.9 Å². The molecule has 0 spiro atoms. The van der Waals surface area contributed by atoms with Gasteiger partial charge in [-0.1, -0.05) is 18.5 Å². The monoisotopic (exact) mass is 313 g/mol. The lowest BCUT2D eigenvalue weighted by atomic mass is 9.87. The number of piperidine rings is 1. The molecule has 1 saturated heterocycles. The van der Waals surface area contributed by atoms with Crippen molar-refractivity contribution in [3.05, 3.63) is 27.4 Å². The summed E-state index contributed by atoms with van der Waals surface area (Å²) >= 11 is 5.77. The number of halogens is 1. The minimum absolute atomic E-state index is 0.0308. The number of methoxy groups -OCH3 is 1. The molecule has 0 bridgehead atoms. The third-order valence-corrected chi connectivity index (χ3v) is 3.93. The number of pyridine rings is 1. The number of hydrogen-bond donors (Lipinski definition) is 0. The van der Waals surface area contributed by atoms with E-state index in [2.05, 4.69) is 4.98 Å². The first-order chi connectivity index (χ1) is 9.93. The number of carbonyl (C=O) groups excluding carboxylic acids is 1. The molecule has 1 fully saturated rings. The Bertz CT molecular complexity index is 566. The van der Waals surface area contributed by atoms with Gasteiger partial charge in [0.2, 0.25) is 5.82 Å². The number of carbonyl (C=O) groups is 1. The van der Waals surface area contributed by atoms with Crippen LogP contribution in [-0.2, 0) is 9.53 Å². The SMILES string of the molecule is COC(=O)C1CCN(c2ncc(Cl)cc2[N+](=O)[O-])CC1C. The van der Waals surface area contributed by atoms with Crippen molar-refractivity contribution in [2.45, 2.75) is 13.3 Å². The van der Waals surface area contributed by atoms with E-state index in [4.69, 9.17) is 16.3 Å². The van der Waals surface area contributed by atoms with Gasteiger partial charge in [-0.2, -0.15) is 0 Å². The van der Waals surface area contributed by atoms with Crippen LogP contribution in [0.15, 0.2) is 12.3 Å². The van der Waals surface area contributed by atoms with Crippen molar-refractivity contribution < 1.29 is 14.5 Å². The van der Waals surface area contributed by atoms with Crippen LogP contribution in [0.2, 0.25) is 5.02 Å². The fourth-order valence-corrected chi connectivity index (χ4v) is 2.79. The van der Waals surface area contributed by atoms with Crippen molar-refractivity contribution in [3.63, 3.8) is 0 Å². The summed E-state index contributed by atoms with van der Waals surface area (Å²) in [6.07, 6.45) is 1.97. The molecular formula is C13H16ClN3O4. The number of anilines is 1. The van der Waals surface area contributed by atoms with Crippen molar-refractivity contribution in [2.75, 3.05) is 25.1 Å². The maximum atomic E-state index is 11.7. The van der Waals surface area contributed by atoms with Crippen LogP contribution in [0.4, 0.5) is 11.5 Å².